The monoisotopic (exact) mass is 330 g/mol. The Bertz CT molecular complexity index is 438. The molecular formula is C12H15IN2O. The lowest BCUT2D eigenvalue weighted by Crippen LogP contribution is -2.08. The number of imidazole rings is 1. The molecule has 3 nitrogen and oxygen atoms in total. The Balaban J connectivity index is 1.89. The van der Waals surface area contributed by atoms with Crippen LogP contribution in [-0.4, -0.2) is 15.3 Å². The van der Waals surface area contributed by atoms with Gasteiger partial charge in [-0.1, -0.05) is 13.8 Å². The largest absolute Gasteiger partial charge is 0.330 e. The third-order valence-electron chi connectivity index (χ3n) is 3.78. The number of carbonyl (C=O) groups is 1. The molecule has 0 unspecified atom stereocenters. The maximum atomic E-state index is 11.3. The Kier molecular flexibility index (Phi) is 2.38. The average Bonchev–Trinajstić information content (AvgIpc) is 2.60. The van der Waals surface area contributed by atoms with Gasteiger partial charge in [-0.15, -0.1) is 0 Å². The van der Waals surface area contributed by atoms with Gasteiger partial charge in [0.25, 0.3) is 0 Å². The standard InChI is InChI=1S/C12H15IN2O/c1-6(2)12-14-10(13)5-15(12)11-8-3-7(16)4-9(8)11/h5-6,8-9,11H,3-4H2,1-2H3/t8-,9+,11-. The van der Waals surface area contributed by atoms with Crippen molar-refractivity contribution >= 4 is 28.4 Å². The summed E-state index contributed by atoms with van der Waals surface area (Å²) >= 11 is 2.27. The quantitative estimate of drug-likeness (QED) is 0.782. The molecule has 1 aromatic rings. The predicted molar refractivity (Wildman–Crippen MR) is 69.3 cm³/mol. The second-order valence-electron chi connectivity index (χ2n) is 5.25. The van der Waals surface area contributed by atoms with Gasteiger partial charge in [-0.3, -0.25) is 4.79 Å². The van der Waals surface area contributed by atoms with E-state index >= 15 is 0 Å². The Morgan fingerprint density at radius 2 is 2.06 bits per heavy atom. The van der Waals surface area contributed by atoms with Crippen molar-refractivity contribution in [1.82, 2.24) is 9.55 Å². The van der Waals surface area contributed by atoms with Gasteiger partial charge in [0.2, 0.25) is 0 Å². The molecule has 3 rings (SSSR count). The van der Waals surface area contributed by atoms with Gasteiger partial charge in [0.15, 0.2) is 0 Å². The minimum Gasteiger partial charge on any atom is -0.330 e. The maximum Gasteiger partial charge on any atom is 0.133 e. The van der Waals surface area contributed by atoms with Crippen molar-refractivity contribution in [3.05, 3.63) is 15.7 Å². The van der Waals surface area contributed by atoms with Crippen LogP contribution in [0.5, 0.6) is 0 Å². The van der Waals surface area contributed by atoms with E-state index in [1.54, 1.807) is 0 Å². The Morgan fingerprint density at radius 3 is 2.62 bits per heavy atom. The number of ketones is 1. The number of nitrogens with zero attached hydrogens (tertiary/aromatic N) is 2. The van der Waals surface area contributed by atoms with E-state index in [9.17, 15) is 4.79 Å². The molecule has 16 heavy (non-hydrogen) atoms. The zero-order valence-electron chi connectivity index (χ0n) is 9.48. The van der Waals surface area contributed by atoms with Crippen LogP contribution in [0.2, 0.25) is 0 Å². The van der Waals surface area contributed by atoms with Gasteiger partial charge in [-0.2, -0.15) is 0 Å². The summed E-state index contributed by atoms with van der Waals surface area (Å²) in [7, 11) is 0. The van der Waals surface area contributed by atoms with Crippen molar-refractivity contribution in [3.63, 3.8) is 0 Å². The molecule has 0 bridgehead atoms. The minimum absolute atomic E-state index is 0.451. The van der Waals surface area contributed by atoms with E-state index in [-0.39, 0.29) is 0 Å². The van der Waals surface area contributed by atoms with E-state index in [1.807, 2.05) is 0 Å². The Hall–Kier alpha value is -0.390. The highest BCUT2D eigenvalue weighted by molar-refractivity contribution is 14.1. The number of halogens is 1. The van der Waals surface area contributed by atoms with Crippen LogP contribution in [0.15, 0.2) is 6.20 Å². The summed E-state index contributed by atoms with van der Waals surface area (Å²) in [5.74, 6) is 3.30. The maximum absolute atomic E-state index is 11.3. The van der Waals surface area contributed by atoms with Crippen LogP contribution in [0.25, 0.3) is 0 Å². The fourth-order valence-corrected chi connectivity index (χ4v) is 3.58. The van der Waals surface area contributed by atoms with Crippen molar-refractivity contribution < 1.29 is 4.79 Å². The topological polar surface area (TPSA) is 34.9 Å². The number of hydrogen-bond donors (Lipinski definition) is 0. The summed E-state index contributed by atoms with van der Waals surface area (Å²) in [4.78, 5) is 15.8. The van der Waals surface area contributed by atoms with Crippen LogP contribution in [0.1, 0.15) is 44.5 Å². The molecule has 0 N–H and O–H groups in total. The molecule has 2 fully saturated rings. The highest BCUT2D eigenvalue weighted by atomic mass is 127. The van der Waals surface area contributed by atoms with Crippen molar-refractivity contribution in [2.45, 2.75) is 38.6 Å². The van der Waals surface area contributed by atoms with Gasteiger partial charge in [-0.25, -0.2) is 4.98 Å². The summed E-state index contributed by atoms with van der Waals surface area (Å²) < 4.78 is 3.39. The van der Waals surface area contributed by atoms with E-state index < -0.39 is 0 Å². The number of fused-ring (bicyclic) bond motifs is 1. The second kappa shape index (κ2) is 3.55. The molecule has 2 saturated carbocycles. The lowest BCUT2D eigenvalue weighted by atomic mass is 10.2. The van der Waals surface area contributed by atoms with Gasteiger partial charge in [-0.05, 0) is 34.4 Å². The van der Waals surface area contributed by atoms with E-state index in [0.717, 1.165) is 16.5 Å². The SMILES string of the molecule is CC(C)c1nc(I)cn1[C@@H]1[C@@H]2CC(=O)C[C@@H]21. The van der Waals surface area contributed by atoms with Crippen LogP contribution in [0.4, 0.5) is 0 Å². The number of Topliss-reactive ketones (excluding diaryl/α,β-unsaturated/α-hetero) is 1. The first-order valence-electron chi connectivity index (χ1n) is 5.84. The van der Waals surface area contributed by atoms with Crippen LogP contribution in [0.3, 0.4) is 0 Å². The highest BCUT2D eigenvalue weighted by Gasteiger charge is 2.57. The van der Waals surface area contributed by atoms with E-state index in [4.69, 9.17) is 0 Å². The summed E-state index contributed by atoms with van der Waals surface area (Å²) in [5, 5.41) is 0. The molecule has 4 heteroatoms. The number of carbonyl (C=O) groups excluding carboxylic acids is 1. The molecular weight excluding hydrogens is 315 g/mol. The van der Waals surface area contributed by atoms with Crippen LogP contribution in [-0.2, 0) is 4.79 Å². The first-order chi connectivity index (χ1) is 7.58. The van der Waals surface area contributed by atoms with Gasteiger partial charge in [0, 0.05) is 31.0 Å². The summed E-state index contributed by atoms with van der Waals surface area (Å²) in [5.41, 5.74) is 0. The lowest BCUT2D eigenvalue weighted by molar-refractivity contribution is -0.118. The van der Waals surface area contributed by atoms with Gasteiger partial charge in [0.1, 0.15) is 15.3 Å². The molecule has 3 atom stereocenters. The molecule has 0 spiro atoms. The third kappa shape index (κ3) is 1.53. The lowest BCUT2D eigenvalue weighted by Gasteiger charge is -2.11. The molecule has 0 aliphatic heterocycles. The molecule has 86 valence electrons. The number of rotatable bonds is 2. The summed E-state index contributed by atoms with van der Waals surface area (Å²) in [6.45, 7) is 4.36. The summed E-state index contributed by atoms with van der Waals surface area (Å²) in [6.07, 6.45) is 3.73. The van der Waals surface area contributed by atoms with E-state index in [1.165, 1.54) is 5.82 Å². The first kappa shape index (κ1) is 10.7. The molecule has 1 aromatic heterocycles. The second-order valence-corrected chi connectivity index (χ2v) is 6.35. The highest BCUT2D eigenvalue weighted by Crippen LogP contribution is 2.59. The first-order valence-corrected chi connectivity index (χ1v) is 6.91. The zero-order chi connectivity index (χ0) is 11.4. The fraction of sp³-hybridized carbons (Fsp3) is 0.667. The van der Waals surface area contributed by atoms with Gasteiger partial charge in [0.05, 0.1) is 0 Å². The van der Waals surface area contributed by atoms with Crippen molar-refractivity contribution in [2.75, 3.05) is 0 Å². The Labute approximate surface area is 109 Å². The molecule has 2 aliphatic carbocycles. The van der Waals surface area contributed by atoms with Crippen LogP contribution < -0.4 is 0 Å². The van der Waals surface area contributed by atoms with Crippen molar-refractivity contribution in [1.29, 1.82) is 0 Å². The number of aromatic nitrogens is 2. The molecule has 1 heterocycles. The molecule has 0 aromatic carbocycles. The molecule has 0 radical (unpaired) electrons. The van der Waals surface area contributed by atoms with Crippen LogP contribution in [0, 0.1) is 15.5 Å². The van der Waals surface area contributed by atoms with Crippen LogP contribution >= 0.6 is 22.6 Å². The minimum atomic E-state index is 0.451. The van der Waals surface area contributed by atoms with E-state index in [2.05, 4.69) is 52.2 Å². The Morgan fingerprint density at radius 1 is 1.44 bits per heavy atom. The summed E-state index contributed by atoms with van der Waals surface area (Å²) in [6, 6.07) is 0.561. The number of hydrogen-bond acceptors (Lipinski definition) is 2. The normalized spacial score (nSPS) is 32.2. The molecule has 0 amide bonds. The zero-order valence-corrected chi connectivity index (χ0v) is 11.6. The van der Waals surface area contributed by atoms with Crippen molar-refractivity contribution in [3.8, 4) is 0 Å². The molecule has 0 saturated heterocycles. The van der Waals surface area contributed by atoms with E-state index in [0.29, 0.717) is 29.6 Å². The van der Waals surface area contributed by atoms with Gasteiger partial charge >= 0.3 is 0 Å². The van der Waals surface area contributed by atoms with Gasteiger partial charge < -0.3 is 4.57 Å². The third-order valence-corrected chi connectivity index (χ3v) is 4.30. The van der Waals surface area contributed by atoms with Crippen molar-refractivity contribution in [2.24, 2.45) is 11.8 Å². The fourth-order valence-electron chi connectivity index (χ4n) is 3.03. The predicted octanol–water partition coefficient (Wildman–Crippen LogP) is 2.76. The smallest absolute Gasteiger partial charge is 0.133 e. The average molecular weight is 330 g/mol. The molecule has 2 aliphatic rings.